The third-order valence-corrected chi connectivity index (χ3v) is 10.3. The maximum Gasteiger partial charge on any atom is 0.311 e. The number of nitrogens with one attached hydrogen (secondary N) is 1. The first-order chi connectivity index (χ1) is 22.6. The van der Waals surface area contributed by atoms with E-state index in [1.807, 2.05) is 19.3 Å². The molecule has 3 fully saturated rings. The molecule has 14 nitrogen and oxygen atoms in total. The van der Waals surface area contributed by atoms with Crippen LogP contribution in [0.15, 0.2) is 42.7 Å². The fraction of sp³-hybridized carbons (Fsp3) is 0.424. The summed E-state index contributed by atoms with van der Waals surface area (Å²) < 4.78 is 7.09. The van der Waals surface area contributed by atoms with Gasteiger partial charge in [-0.25, -0.2) is 0 Å². The number of carbonyl (C=O) groups excluding carboxylic acids is 4. The summed E-state index contributed by atoms with van der Waals surface area (Å²) in [6, 6.07) is 7.63. The zero-order chi connectivity index (χ0) is 33.0. The minimum absolute atomic E-state index is 0.0795. The van der Waals surface area contributed by atoms with Crippen LogP contribution in [0.5, 0.6) is 5.75 Å². The standard InChI is InChI=1S/C33H35N7O7/c1-36-19-20(18-34-36)23-16-27(40(45)46)28(47-2)17-26(23)38-13-9-33(10-14-38)7-11-37(12-8-33)21-3-4-22-24(15-21)32(44)39(31(22)43)25-5-6-29(41)35-30(25)42/h3-4,15-19,25H,5-14H2,1-2H3,(H,35,41,42). The van der Waals surface area contributed by atoms with Gasteiger partial charge in [-0.15, -0.1) is 0 Å². The van der Waals surface area contributed by atoms with Crippen LogP contribution in [0.3, 0.4) is 0 Å². The van der Waals surface area contributed by atoms with Gasteiger partial charge in [0, 0.05) is 80.5 Å². The Kier molecular flexibility index (Phi) is 7.44. The van der Waals surface area contributed by atoms with E-state index in [0.717, 1.165) is 79.3 Å². The van der Waals surface area contributed by atoms with Crippen LogP contribution < -0.4 is 19.9 Å². The summed E-state index contributed by atoms with van der Waals surface area (Å²) in [5.74, 6) is -1.81. The van der Waals surface area contributed by atoms with Crippen molar-refractivity contribution in [1.29, 1.82) is 0 Å². The maximum absolute atomic E-state index is 13.3. The van der Waals surface area contributed by atoms with Gasteiger partial charge in [-0.2, -0.15) is 5.10 Å². The van der Waals surface area contributed by atoms with Crippen LogP contribution in [0, 0.1) is 15.5 Å². The number of aromatic nitrogens is 2. The second-order valence-corrected chi connectivity index (χ2v) is 12.9. The van der Waals surface area contributed by atoms with Gasteiger partial charge < -0.3 is 14.5 Å². The number of methoxy groups -OCH3 is 1. The number of fused-ring (bicyclic) bond motifs is 1. The third kappa shape index (κ3) is 5.26. The van der Waals surface area contributed by atoms with Gasteiger partial charge in [0.2, 0.25) is 11.8 Å². The number of amides is 4. The molecule has 244 valence electrons. The lowest BCUT2D eigenvalue weighted by molar-refractivity contribution is -0.385. The van der Waals surface area contributed by atoms with E-state index in [2.05, 4.69) is 20.2 Å². The average Bonchev–Trinajstić information content (AvgIpc) is 3.61. The molecule has 4 amide bonds. The number of nitro benzene ring substituents is 1. The van der Waals surface area contributed by atoms with E-state index in [4.69, 9.17) is 4.74 Å². The Labute approximate surface area is 270 Å². The van der Waals surface area contributed by atoms with Crippen molar-refractivity contribution in [2.24, 2.45) is 12.5 Å². The van der Waals surface area contributed by atoms with E-state index in [1.165, 1.54) is 7.11 Å². The predicted octanol–water partition coefficient (Wildman–Crippen LogP) is 3.29. The van der Waals surface area contributed by atoms with E-state index in [0.29, 0.717) is 0 Å². The molecule has 0 saturated carbocycles. The Bertz CT molecular complexity index is 1820. The van der Waals surface area contributed by atoms with Crippen LogP contribution in [0.1, 0.15) is 59.2 Å². The van der Waals surface area contributed by atoms with Gasteiger partial charge in [0.15, 0.2) is 5.75 Å². The number of piperidine rings is 3. The first kappa shape index (κ1) is 30.4. The van der Waals surface area contributed by atoms with Crippen LogP contribution in [0.2, 0.25) is 0 Å². The van der Waals surface area contributed by atoms with E-state index < -0.39 is 34.6 Å². The molecule has 1 atom stereocenters. The second kappa shape index (κ2) is 11.5. The summed E-state index contributed by atoms with van der Waals surface area (Å²) in [5, 5.41) is 18.3. The number of rotatable bonds is 6. The molecular formula is C33H35N7O7. The molecule has 0 bridgehead atoms. The lowest BCUT2D eigenvalue weighted by Crippen LogP contribution is -2.54. The number of nitrogens with zero attached hydrogens (tertiary/aromatic N) is 6. The van der Waals surface area contributed by atoms with Crippen LogP contribution >= 0.6 is 0 Å². The Hall–Kier alpha value is -5.27. The SMILES string of the molecule is COc1cc(N2CCC3(CCN(c4ccc5c(c4)C(=O)N(C4CCC(=O)NC4=O)C5=O)CC3)CC2)c(-c2cnn(C)c2)cc1[N+](=O)[O-]. The van der Waals surface area contributed by atoms with E-state index >= 15 is 0 Å². The Morgan fingerprint density at radius 2 is 1.62 bits per heavy atom. The summed E-state index contributed by atoms with van der Waals surface area (Å²) in [6.07, 6.45) is 7.62. The van der Waals surface area contributed by atoms with Crippen molar-refractivity contribution in [2.75, 3.05) is 43.1 Å². The van der Waals surface area contributed by atoms with Crippen molar-refractivity contribution in [3.8, 4) is 16.9 Å². The number of aryl methyl sites for hydroxylation is 1. The molecule has 47 heavy (non-hydrogen) atoms. The lowest BCUT2D eigenvalue weighted by atomic mass is 9.71. The van der Waals surface area contributed by atoms with Gasteiger partial charge in [0.25, 0.3) is 11.8 Å². The second-order valence-electron chi connectivity index (χ2n) is 12.9. The Morgan fingerprint density at radius 3 is 2.23 bits per heavy atom. The molecule has 3 aromatic rings. The van der Waals surface area contributed by atoms with E-state index in [-0.39, 0.29) is 40.8 Å². The molecule has 4 aliphatic heterocycles. The molecule has 3 saturated heterocycles. The molecular weight excluding hydrogens is 606 g/mol. The summed E-state index contributed by atoms with van der Waals surface area (Å²) >= 11 is 0. The predicted molar refractivity (Wildman–Crippen MR) is 170 cm³/mol. The largest absolute Gasteiger partial charge is 0.490 e. The van der Waals surface area contributed by atoms with Gasteiger partial charge >= 0.3 is 5.69 Å². The van der Waals surface area contributed by atoms with Crippen LogP contribution in [0.4, 0.5) is 17.1 Å². The zero-order valence-electron chi connectivity index (χ0n) is 26.2. The van der Waals surface area contributed by atoms with Gasteiger partial charge in [0.05, 0.1) is 29.4 Å². The maximum atomic E-state index is 13.3. The third-order valence-electron chi connectivity index (χ3n) is 10.3. The number of imide groups is 2. The number of benzene rings is 2. The first-order valence-electron chi connectivity index (χ1n) is 15.8. The molecule has 14 heteroatoms. The molecule has 7 rings (SSSR count). The van der Waals surface area contributed by atoms with Gasteiger partial charge in [0.1, 0.15) is 6.04 Å². The summed E-state index contributed by atoms with van der Waals surface area (Å²) in [7, 11) is 3.26. The smallest absolute Gasteiger partial charge is 0.311 e. The topological polar surface area (TPSA) is 160 Å². The molecule has 5 heterocycles. The monoisotopic (exact) mass is 641 g/mol. The molecule has 0 aliphatic carbocycles. The fourth-order valence-corrected chi connectivity index (χ4v) is 7.53. The highest BCUT2D eigenvalue weighted by molar-refractivity contribution is 6.23. The van der Waals surface area contributed by atoms with Crippen molar-refractivity contribution in [3.63, 3.8) is 0 Å². The van der Waals surface area contributed by atoms with E-state index in [1.54, 1.807) is 35.1 Å². The van der Waals surface area contributed by atoms with Crippen LogP contribution in [-0.2, 0) is 16.6 Å². The average molecular weight is 642 g/mol. The summed E-state index contributed by atoms with van der Waals surface area (Å²) in [4.78, 5) is 67.4. The van der Waals surface area contributed by atoms with Gasteiger partial charge in [-0.3, -0.25) is 44.2 Å². The van der Waals surface area contributed by atoms with Crippen molar-refractivity contribution in [2.45, 2.75) is 44.6 Å². The minimum Gasteiger partial charge on any atom is -0.490 e. The number of ether oxygens (including phenoxy) is 1. The molecule has 1 unspecified atom stereocenters. The molecule has 2 aromatic carbocycles. The number of carbonyl (C=O) groups is 4. The van der Waals surface area contributed by atoms with Crippen molar-refractivity contribution >= 4 is 40.7 Å². The quantitative estimate of drug-likeness (QED) is 0.240. The molecule has 4 aliphatic rings. The molecule has 0 radical (unpaired) electrons. The molecule has 1 spiro atoms. The van der Waals surface area contributed by atoms with Crippen LogP contribution in [-0.4, -0.2) is 82.6 Å². The number of anilines is 2. The fourth-order valence-electron chi connectivity index (χ4n) is 7.53. The summed E-state index contributed by atoms with van der Waals surface area (Å²) in [5.41, 5.74) is 3.92. The highest BCUT2D eigenvalue weighted by atomic mass is 16.6. The highest BCUT2D eigenvalue weighted by Crippen LogP contribution is 2.46. The van der Waals surface area contributed by atoms with Gasteiger partial charge in [-0.05, 0) is 55.7 Å². The van der Waals surface area contributed by atoms with Gasteiger partial charge in [-0.1, -0.05) is 0 Å². The number of hydrogen-bond donors (Lipinski definition) is 1. The zero-order valence-corrected chi connectivity index (χ0v) is 26.2. The van der Waals surface area contributed by atoms with Crippen molar-refractivity contribution < 1.29 is 28.8 Å². The van der Waals surface area contributed by atoms with E-state index in [9.17, 15) is 29.3 Å². The van der Waals surface area contributed by atoms with Crippen LogP contribution in [0.25, 0.3) is 11.1 Å². The molecule has 1 N–H and O–H groups in total. The normalized spacial score (nSPS) is 20.9. The molecule has 1 aromatic heterocycles. The Balaban J connectivity index is 1.04. The number of nitro groups is 1. The highest BCUT2D eigenvalue weighted by Gasteiger charge is 2.45. The first-order valence-corrected chi connectivity index (χ1v) is 15.8. The number of hydrogen-bond acceptors (Lipinski definition) is 10. The summed E-state index contributed by atoms with van der Waals surface area (Å²) in [6.45, 7) is 3.17. The lowest BCUT2D eigenvalue weighted by Gasteiger charge is -2.48. The van der Waals surface area contributed by atoms with Crippen molar-refractivity contribution in [1.82, 2.24) is 20.0 Å². The Morgan fingerprint density at radius 1 is 0.936 bits per heavy atom. The van der Waals surface area contributed by atoms with Crippen molar-refractivity contribution in [3.05, 3.63) is 64.0 Å². The minimum atomic E-state index is -0.989.